The Morgan fingerprint density at radius 2 is 2.00 bits per heavy atom. The molecule has 0 aliphatic heterocycles. The van der Waals surface area contributed by atoms with Crippen molar-refractivity contribution >= 4 is 23.4 Å². The number of nitrogens with zero attached hydrogens (tertiary/aromatic N) is 1. The maximum atomic E-state index is 12.2. The number of rotatable bonds is 5. The lowest BCUT2D eigenvalue weighted by atomic mass is 10.1. The van der Waals surface area contributed by atoms with Crippen molar-refractivity contribution in [3.8, 4) is 0 Å². The molecule has 1 heterocycles. The maximum Gasteiger partial charge on any atom is 0.260 e. The Labute approximate surface area is 122 Å². The monoisotopic (exact) mass is 287 g/mol. The molecule has 0 spiro atoms. The van der Waals surface area contributed by atoms with Crippen LogP contribution in [0.4, 0.5) is 11.6 Å². The van der Waals surface area contributed by atoms with E-state index in [1.54, 1.807) is 37.3 Å². The number of carbonyl (C=O) groups excluding carboxylic acids is 2. The molecule has 110 valence electrons. The second kappa shape index (κ2) is 6.69. The van der Waals surface area contributed by atoms with Gasteiger partial charge in [-0.05, 0) is 25.5 Å². The van der Waals surface area contributed by atoms with E-state index in [0.717, 1.165) is 6.42 Å². The minimum atomic E-state index is -0.362. The van der Waals surface area contributed by atoms with Crippen LogP contribution in [0.15, 0.2) is 34.9 Å². The van der Waals surface area contributed by atoms with Crippen LogP contribution in [0.25, 0.3) is 0 Å². The number of hydrogen-bond donors (Lipinski definition) is 2. The molecule has 1 aromatic carbocycles. The highest BCUT2D eigenvalue weighted by Crippen LogP contribution is 2.18. The van der Waals surface area contributed by atoms with E-state index in [4.69, 9.17) is 4.52 Å². The first kappa shape index (κ1) is 14.8. The van der Waals surface area contributed by atoms with Gasteiger partial charge in [0.25, 0.3) is 5.91 Å². The van der Waals surface area contributed by atoms with Crippen molar-refractivity contribution in [1.29, 1.82) is 0 Å². The number of aromatic nitrogens is 1. The van der Waals surface area contributed by atoms with Gasteiger partial charge in [0.1, 0.15) is 0 Å². The summed E-state index contributed by atoms with van der Waals surface area (Å²) < 4.78 is 4.95. The van der Waals surface area contributed by atoms with E-state index in [-0.39, 0.29) is 17.7 Å². The molecule has 0 radical (unpaired) electrons. The maximum absolute atomic E-state index is 12.2. The number of carbonyl (C=O) groups is 2. The predicted octanol–water partition coefficient (Wildman–Crippen LogP) is 2.97. The number of aryl methyl sites for hydroxylation is 1. The van der Waals surface area contributed by atoms with Crippen LogP contribution in [-0.2, 0) is 4.79 Å². The third-order valence-corrected chi connectivity index (χ3v) is 2.79. The first-order valence-electron chi connectivity index (χ1n) is 6.73. The lowest BCUT2D eigenvalue weighted by molar-refractivity contribution is -0.116. The van der Waals surface area contributed by atoms with Crippen LogP contribution in [0, 0.1) is 6.92 Å². The summed E-state index contributed by atoms with van der Waals surface area (Å²) in [7, 11) is 0. The highest BCUT2D eigenvalue weighted by molar-refractivity contribution is 6.09. The van der Waals surface area contributed by atoms with Crippen molar-refractivity contribution in [3.05, 3.63) is 41.6 Å². The topological polar surface area (TPSA) is 84.2 Å². The van der Waals surface area contributed by atoms with Gasteiger partial charge in [0, 0.05) is 12.5 Å². The summed E-state index contributed by atoms with van der Waals surface area (Å²) in [6, 6.07) is 8.44. The molecule has 2 amide bonds. The molecule has 2 N–H and O–H groups in total. The van der Waals surface area contributed by atoms with Crippen molar-refractivity contribution in [2.75, 3.05) is 10.6 Å². The summed E-state index contributed by atoms with van der Waals surface area (Å²) >= 11 is 0. The molecule has 0 aliphatic rings. The zero-order chi connectivity index (χ0) is 15.2. The molecule has 2 rings (SSSR count). The molecule has 0 fully saturated rings. The van der Waals surface area contributed by atoms with Gasteiger partial charge in [-0.15, -0.1) is 0 Å². The molecule has 0 saturated carbocycles. The molecule has 0 bridgehead atoms. The van der Waals surface area contributed by atoms with Crippen LogP contribution in [0.3, 0.4) is 0 Å². The van der Waals surface area contributed by atoms with Crippen LogP contribution < -0.4 is 10.6 Å². The Hall–Kier alpha value is -2.63. The predicted molar refractivity (Wildman–Crippen MR) is 79.2 cm³/mol. The first-order valence-corrected chi connectivity index (χ1v) is 6.73. The van der Waals surface area contributed by atoms with Crippen LogP contribution in [-0.4, -0.2) is 17.0 Å². The van der Waals surface area contributed by atoms with Crippen LogP contribution >= 0.6 is 0 Å². The van der Waals surface area contributed by atoms with Crippen molar-refractivity contribution in [2.45, 2.75) is 26.7 Å². The Kier molecular flexibility index (Phi) is 4.71. The van der Waals surface area contributed by atoms with Crippen molar-refractivity contribution in [3.63, 3.8) is 0 Å². The first-order chi connectivity index (χ1) is 10.1. The van der Waals surface area contributed by atoms with Gasteiger partial charge in [-0.3, -0.25) is 14.9 Å². The fourth-order valence-electron chi connectivity index (χ4n) is 1.83. The lowest BCUT2D eigenvalue weighted by Crippen LogP contribution is -2.17. The van der Waals surface area contributed by atoms with Gasteiger partial charge in [-0.25, -0.2) is 0 Å². The highest BCUT2D eigenvalue weighted by Gasteiger charge is 2.14. The van der Waals surface area contributed by atoms with E-state index < -0.39 is 0 Å². The summed E-state index contributed by atoms with van der Waals surface area (Å²) in [5.74, 6) is -0.209. The standard InChI is InChI=1S/C15H17N3O3/c1-3-6-13(19)16-12-8-5-4-7-11(12)15(20)17-14-9-10(2)18-21-14/h4-5,7-9H,3,6H2,1-2H3,(H,16,19)(H,17,20). The fourth-order valence-corrected chi connectivity index (χ4v) is 1.83. The summed E-state index contributed by atoms with van der Waals surface area (Å²) in [6.07, 6.45) is 1.16. The number of anilines is 2. The normalized spacial score (nSPS) is 10.2. The molecule has 0 unspecified atom stereocenters. The zero-order valence-electron chi connectivity index (χ0n) is 12.0. The quantitative estimate of drug-likeness (QED) is 0.885. The second-order valence-corrected chi connectivity index (χ2v) is 4.63. The molecular formula is C15H17N3O3. The number of hydrogen-bond acceptors (Lipinski definition) is 4. The minimum absolute atomic E-state index is 0.117. The Balaban J connectivity index is 2.15. The molecule has 6 nitrogen and oxygen atoms in total. The van der Waals surface area contributed by atoms with Crippen molar-refractivity contribution in [1.82, 2.24) is 5.16 Å². The van der Waals surface area contributed by atoms with E-state index in [1.165, 1.54) is 0 Å². The van der Waals surface area contributed by atoms with Gasteiger partial charge < -0.3 is 9.84 Å². The summed E-state index contributed by atoms with van der Waals surface area (Å²) in [5, 5.41) is 9.04. The molecule has 21 heavy (non-hydrogen) atoms. The molecule has 1 aromatic heterocycles. The number of nitrogens with one attached hydrogen (secondary N) is 2. The fraction of sp³-hybridized carbons (Fsp3) is 0.267. The third-order valence-electron chi connectivity index (χ3n) is 2.79. The molecule has 0 aliphatic carbocycles. The molecule has 6 heteroatoms. The molecule has 2 aromatic rings. The van der Waals surface area contributed by atoms with Crippen LogP contribution in [0.2, 0.25) is 0 Å². The van der Waals surface area contributed by atoms with E-state index in [2.05, 4.69) is 15.8 Å². The largest absolute Gasteiger partial charge is 0.338 e. The van der Waals surface area contributed by atoms with E-state index >= 15 is 0 Å². The highest BCUT2D eigenvalue weighted by atomic mass is 16.5. The lowest BCUT2D eigenvalue weighted by Gasteiger charge is -2.09. The van der Waals surface area contributed by atoms with Crippen LogP contribution in [0.1, 0.15) is 35.8 Å². The third kappa shape index (κ3) is 3.92. The molecule has 0 atom stereocenters. The Morgan fingerprint density at radius 1 is 1.24 bits per heavy atom. The van der Waals surface area contributed by atoms with Gasteiger partial charge in [-0.1, -0.05) is 24.2 Å². The number of para-hydroxylation sites is 1. The minimum Gasteiger partial charge on any atom is -0.338 e. The van der Waals surface area contributed by atoms with E-state index in [1.807, 2.05) is 6.92 Å². The van der Waals surface area contributed by atoms with Crippen LogP contribution in [0.5, 0.6) is 0 Å². The number of benzene rings is 1. The van der Waals surface area contributed by atoms with Crippen molar-refractivity contribution in [2.24, 2.45) is 0 Å². The SMILES string of the molecule is CCCC(=O)Nc1ccccc1C(=O)Nc1cc(C)no1. The van der Waals surface area contributed by atoms with E-state index in [9.17, 15) is 9.59 Å². The van der Waals surface area contributed by atoms with Gasteiger partial charge in [-0.2, -0.15) is 0 Å². The summed E-state index contributed by atoms with van der Waals surface area (Å²) in [6.45, 7) is 3.68. The smallest absolute Gasteiger partial charge is 0.260 e. The van der Waals surface area contributed by atoms with Gasteiger partial charge in [0.05, 0.1) is 16.9 Å². The van der Waals surface area contributed by atoms with Gasteiger partial charge in [0.2, 0.25) is 11.8 Å². The van der Waals surface area contributed by atoms with E-state index in [0.29, 0.717) is 23.4 Å². The molecule has 0 saturated heterocycles. The average Bonchev–Trinajstić information content (AvgIpc) is 2.85. The van der Waals surface area contributed by atoms with Gasteiger partial charge >= 0.3 is 0 Å². The second-order valence-electron chi connectivity index (χ2n) is 4.63. The summed E-state index contributed by atoms with van der Waals surface area (Å²) in [4.78, 5) is 23.9. The van der Waals surface area contributed by atoms with Gasteiger partial charge in [0.15, 0.2) is 0 Å². The van der Waals surface area contributed by atoms with Crippen molar-refractivity contribution < 1.29 is 14.1 Å². The Morgan fingerprint density at radius 3 is 2.67 bits per heavy atom. The summed E-state index contributed by atoms with van der Waals surface area (Å²) in [5.41, 5.74) is 1.52. The average molecular weight is 287 g/mol. The number of amides is 2. The molecular weight excluding hydrogens is 270 g/mol. The Bertz CT molecular complexity index is 649. The zero-order valence-corrected chi connectivity index (χ0v) is 12.0.